The van der Waals surface area contributed by atoms with E-state index in [1.54, 1.807) is 13.2 Å². The highest BCUT2D eigenvalue weighted by Crippen LogP contribution is 2.29. The average molecular weight is 421 g/mol. The number of unbranched alkanes of at least 4 members (excludes halogenated alkanes) is 1. The summed E-state index contributed by atoms with van der Waals surface area (Å²) in [6, 6.07) is 0. The SMILES string of the molecule is CCCCc1cnc2c(c1SCC(=O)NCC1CCCO1)c(=O)n(C)c(=O)n2C. The molecule has 3 rings (SSSR count). The van der Waals surface area contributed by atoms with E-state index >= 15 is 0 Å². The summed E-state index contributed by atoms with van der Waals surface area (Å²) in [6.07, 6.45) is 6.55. The number of thioether (sulfide) groups is 1. The van der Waals surface area contributed by atoms with Gasteiger partial charge in [-0.1, -0.05) is 13.3 Å². The summed E-state index contributed by atoms with van der Waals surface area (Å²) >= 11 is 1.33. The summed E-state index contributed by atoms with van der Waals surface area (Å²) in [5.74, 6) is 0.0929. The number of hydrogen-bond acceptors (Lipinski definition) is 6. The average Bonchev–Trinajstić information content (AvgIpc) is 3.25. The molecule has 1 aliphatic heterocycles. The number of nitrogens with one attached hydrogen (secondary N) is 1. The van der Waals surface area contributed by atoms with Gasteiger partial charge in [0.05, 0.1) is 17.2 Å². The number of hydrogen-bond donors (Lipinski definition) is 1. The smallest absolute Gasteiger partial charge is 0.332 e. The second kappa shape index (κ2) is 9.58. The van der Waals surface area contributed by atoms with Gasteiger partial charge >= 0.3 is 5.69 Å². The Morgan fingerprint density at radius 3 is 2.83 bits per heavy atom. The van der Waals surface area contributed by atoms with Gasteiger partial charge in [-0.25, -0.2) is 9.78 Å². The van der Waals surface area contributed by atoms with Crippen LogP contribution in [0.1, 0.15) is 38.2 Å². The normalized spacial score (nSPS) is 16.4. The van der Waals surface area contributed by atoms with Crippen molar-refractivity contribution < 1.29 is 9.53 Å². The van der Waals surface area contributed by atoms with Crippen LogP contribution < -0.4 is 16.6 Å². The topological polar surface area (TPSA) is 95.2 Å². The van der Waals surface area contributed by atoms with Crippen molar-refractivity contribution in [1.29, 1.82) is 0 Å². The van der Waals surface area contributed by atoms with Crippen LogP contribution in [0, 0.1) is 0 Å². The Morgan fingerprint density at radius 1 is 1.34 bits per heavy atom. The van der Waals surface area contributed by atoms with Gasteiger partial charge in [0.15, 0.2) is 0 Å². The van der Waals surface area contributed by atoms with Crippen molar-refractivity contribution in [2.24, 2.45) is 14.1 Å². The third-order valence-electron chi connectivity index (χ3n) is 5.19. The predicted octanol–water partition coefficient (Wildman–Crippen LogP) is 1.36. The molecule has 8 nitrogen and oxygen atoms in total. The standard InChI is InChI=1S/C20H28N4O4S/c1-4-5-7-13-10-22-18-16(19(26)24(3)20(27)23(18)2)17(13)29-12-15(25)21-11-14-8-6-9-28-14/h10,14H,4-9,11-12H2,1-3H3,(H,21,25). The number of aromatic nitrogens is 3. The highest BCUT2D eigenvalue weighted by atomic mass is 32.2. The van der Waals surface area contributed by atoms with Crippen molar-refractivity contribution in [3.8, 4) is 0 Å². The highest BCUT2D eigenvalue weighted by molar-refractivity contribution is 8.00. The molecule has 0 aromatic carbocycles. The molecule has 0 aliphatic carbocycles. The molecule has 0 bridgehead atoms. The molecule has 2 aromatic rings. The first kappa shape index (κ1) is 21.6. The number of nitrogens with zero attached hydrogens (tertiary/aromatic N) is 3. The number of rotatable bonds is 8. The number of amides is 1. The van der Waals surface area contributed by atoms with E-state index in [0.29, 0.717) is 17.6 Å². The van der Waals surface area contributed by atoms with E-state index in [4.69, 9.17) is 4.74 Å². The number of carbonyl (C=O) groups excluding carboxylic acids is 1. The Balaban J connectivity index is 1.89. The highest BCUT2D eigenvalue weighted by Gasteiger charge is 2.20. The molecule has 1 amide bonds. The predicted molar refractivity (Wildman–Crippen MR) is 114 cm³/mol. The Kier molecular flexibility index (Phi) is 7.13. The molecule has 1 unspecified atom stereocenters. The monoisotopic (exact) mass is 420 g/mol. The summed E-state index contributed by atoms with van der Waals surface area (Å²) in [4.78, 5) is 42.6. The van der Waals surface area contributed by atoms with Crippen LogP contribution in [0.25, 0.3) is 11.0 Å². The van der Waals surface area contributed by atoms with E-state index < -0.39 is 5.69 Å². The van der Waals surface area contributed by atoms with Gasteiger partial charge in [0.1, 0.15) is 5.65 Å². The molecule has 1 N–H and O–H groups in total. The number of fused-ring (bicyclic) bond motifs is 1. The summed E-state index contributed by atoms with van der Waals surface area (Å²) < 4.78 is 8.00. The van der Waals surface area contributed by atoms with Gasteiger partial charge in [-0.3, -0.25) is 18.7 Å². The molecule has 9 heteroatoms. The van der Waals surface area contributed by atoms with Crippen molar-refractivity contribution in [3.63, 3.8) is 0 Å². The van der Waals surface area contributed by atoms with Crippen molar-refractivity contribution >= 4 is 28.7 Å². The van der Waals surface area contributed by atoms with Crippen LogP contribution in [0.3, 0.4) is 0 Å². The Labute approximate surface area is 173 Å². The summed E-state index contributed by atoms with van der Waals surface area (Å²) in [6.45, 7) is 3.36. The molecule has 1 aliphatic rings. The van der Waals surface area contributed by atoms with E-state index in [1.807, 2.05) is 0 Å². The largest absolute Gasteiger partial charge is 0.376 e. The minimum Gasteiger partial charge on any atom is -0.376 e. The van der Waals surface area contributed by atoms with Crippen molar-refractivity contribution in [2.75, 3.05) is 18.9 Å². The second-order valence-corrected chi connectivity index (χ2v) is 8.33. The van der Waals surface area contributed by atoms with Crippen LogP contribution >= 0.6 is 11.8 Å². The molecule has 0 saturated carbocycles. The second-order valence-electron chi connectivity index (χ2n) is 7.35. The van der Waals surface area contributed by atoms with Gasteiger partial charge in [-0.05, 0) is 31.2 Å². The maximum Gasteiger partial charge on any atom is 0.332 e. The molecule has 0 radical (unpaired) electrons. The summed E-state index contributed by atoms with van der Waals surface area (Å²) in [5.41, 5.74) is 0.491. The van der Waals surface area contributed by atoms with E-state index in [-0.39, 0.29) is 23.3 Å². The molecular weight excluding hydrogens is 392 g/mol. The van der Waals surface area contributed by atoms with Crippen LogP contribution in [-0.4, -0.2) is 45.0 Å². The summed E-state index contributed by atoms with van der Waals surface area (Å²) in [5, 5.41) is 3.32. The molecular formula is C20H28N4O4S. The summed E-state index contributed by atoms with van der Waals surface area (Å²) in [7, 11) is 3.07. The molecule has 2 aromatic heterocycles. The zero-order chi connectivity index (χ0) is 21.0. The van der Waals surface area contributed by atoms with E-state index in [1.165, 1.54) is 23.4 Å². The fraction of sp³-hybridized carbons (Fsp3) is 0.600. The van der Waals surface area contributed by atoms with Gasteiger partial charge in [0, 0.05) is 38.3 Å². The lowest BCUT2D eigenvalue weighted by atomic mass is 10.1. The van der Waals surface area contributed by atoms with Crippen LogP contribution in [0.4, 0.5) is 0 Å². The Hall–Kier alpha value is -2.13. The van der Waals surface area contributed by atoms with E-state index in [0.717, 1.165) is 53.7 Å². The van der Waals surface area contributed by atoms with E-state index in [9.17, 15) is 14.4 Å². The number of pyridine rings is 1. The number of carbonyl (C=O) groups is 1. The Bertz CT molecular complexity index is 1010. The van der Waals surface area contributed by atoms with Crippen molar-refractivity contribution in [2.45, 2.75) is 50.0 Å². The lowest BCUT2D eigenvalue weighted by Gasteiger charge is -2.15. The lowest BCUT2D eigenvalue weighted by molar-refractivity contribution is -0.119. The zero-order valence-corrected chi connectivity index (χ0v) is 18.0. The van der Waals surface area contributed by atoms with E-state index in [2.05, 4.69) is 17.2 Å². The first-order valence-electron chi connectivity index (χ1n) is 10.0. The van der Waals surface area contributed by atoms with Gasteiger partial charge in [-0.15, -0.1) is 11.8 Å². The first-order valence-corrected chi connectivity index (χ1v) is 11.0. The maximum atomic E-state index is 12.9. The molecule has 158 valence electrons. The fourth-order valence-electron chi connectivity index (χ4n) is 3.47. The van der Waals surface area contributed by atoms with Crippen LogP contribution in [-0.2, 0) is 30.0 Å². The maximum absolute atomic E-state index is 12.9. The molecule has 1 saturated heterocycles. The first-order chi connectivity index (χ1) is 13.9. The fourth-order valence-corrected chi connectivity index (χ4v) is 4.51. The molecule has 29 heavy (non-hydrogen) atoms. The van der Waals surface area contributed by atoms with Crippen LogP contribution in [0.2, 0.25) is 0 Å². The molecule has 1 atom stereocenters. The quantitative estimate of drug-likeness (QED) is 0.648. The molecule has 1 fully saturated rings. The van der Waals surface area contributed by atoms with Crippen molar-refractivity contribution in [3.05, 3.63) is 32.6 Å². The van der Waals surface area contributed by atoms with Gasteiger partial charge in [0.25, 0.3) is 5.56 Å². The van der Waals surface area contributed by atoms with Gasteiger partial charge < -0.3 is 10.1 Å². The number of aryl methyl sites for hydroxylation is 2. The zero-order valence-electron chi connectivity index (χ0n) is 17.2. The van der Waals surface area contributed by atoms with Gasteiger partial charge in [0.2, 0.25) is 5.91 Å². The van der Waals surface area contributed by atoms with Crippen molar-refractivity contribution in [1.82, 2.24) is 19.4 Å². The van der Waals surface area contributed by atoms with Crippen LogP contribution in [0.5, 0.6) is 0 Å². The third-order valence-corrected chi connectivity index (χ3v) is 6.35. The van der Waals surface area contributed by atoms with Gasteiger partial charge in [-0.2, -0.15) is 0 Å². The minimum atomic E-state index is -0.415. The third kappa shape index (κ3) is 4.72. The Morgan fingerprint density at radius 2 is 2.14 bits per heavy atom. The molecule has 0 spiro atoms. The minimum absolute atomic E-state index is 0.0904. The van der Waals surface area contributed by atoms with Crippen LogP contribution in [0.15, 0.2) is 20.7 Å². The molecule has 3 heterocycles. The lowest BCUT2D eigenvalue weighted by Crippen LogP contribution is -2.37. The number of ether oxygens (including phenoxy) is 1.